The summed E-state index contributed by atoms with van der Waals surface area (Å²) in [6, 6.07) is 4.09. The topological polar surface area (TPSA) is 9.23 Å². The van der Waals surface area contributed by atoms with Gasteiger partial charge >= 0.3 is 0 Å². The molecule has 0 atom stereocenters. The van der Waals surface area contributed by atoms with Crippen molar-refractivity contribution < 1.29 is 4.52 Å². The Bertz CT molecular complexity index is 146. The van der Waals surface area contributed by atoms with Gasteiger partial charge in [0.2, 0.25) is 0 Å². The van der Waals surface area contributed by atoms with Crippen molar-refractivity contribution in [3.05, 3.63) is 23.7 Å². The van der Waals surface area contributed by atoms with Crippen LogP contribution < -0.4 is 4.52 Å². The fourth-order valence-corrected chi connectivity index (χ4v) is 1.80. The molecular weight excluding hydrogens is 131 g/mol. The van der Waals surface area contributed by atoms with E-state index in [1.54, 1.807) is 0 Å². The molecule has 0 aliphatic rings. The van der Waals surface area contributed by atoms with Gasteiger partial charge in [-0.2, -0.15) is 0 Å². The van der Waals surface area contributed by atoms with E-state index in [1.165, 1.54) is 0 Å². The first-order chi connectivity index (χ1) is 4.43. The lowest BCUT2D eigenvalue weighted by atomic mass is 10.5. The van der Waals surface area contributed by atoms with Gasteiger partial charge in [-0.15, -0.1) is 0 Å². The van der Waals surface area contributed by atoms with Crippen LogP contribution in [-0.2, 0) is 0 Å². The average molecular weight is 142 g/mol. The summed E-state index contributed by atoms with van der Waals surface area (Å²) in [5, 5.41) is 0. The van der Waals surface area contributed by atoms with Crippen molar-refractivity contribution in [1.82, 2.24) is 0 Å². The minimum atomic E-state index is -0.312. The molecule has 0 amide bonds. The van der Waals surface area contributed by atoms with Crippen LogP contribution in [0.15, 0.2) is 23.7 Å². The molecule has 0 aromatic carbocycles. The molecule has 0 aliphatic carbocycles. The lowest BCUT2D eigenvalue weighted by Crippen LogP contribution is -1.89. The highest BCUT2D eigenvalue weighted by molar-refractivity contribution is 7.43. The summed E-state index contributed by atoms with van der Waals surface area (Å²) in [4.78, 5) is 0. The third-order valence-corrected chi connectivity index (χ3v) is 2.43. The molecule has 1 aromatic rings. The zero-order chi connectivity index (χ0) is 6.53. The van der Waals surface area contributed by atoms with Gasteiger partial charge in [0.1, 0.15) is 0 Å². The highest BCUT2D eigenvalue weighted by Crippen LogP contribution is 2.22. The maximum Gasteiger partial charge on any atom is 0.0567 e. The molecule has 0 N–H and O–H groups in total. The molecule has 9 heavy (non-hydrogen) atoms. The number of rotatable bonds is 3. The molecular formula is C7H11OP. The van der Waals surface area contributed by atoms with E-state index in [0.717, 1.165) is 13.0 Å². The van der Waals surface area contributed by atoms with Gasteiger partial charge in [0.15, 0.2) is 0 Å². The van der Waals surface area contributed by atoms with Crippen LogP contribution in [0.2, 0.25) is 0 Å². The highest BCUT2D eigenvalue weighted by atomic mass is 31.1. The average Bonchev–Trinajstić information content (AvgIpc) is 2.34. The Hall–Kier alpha value is -0.260. The minimum Gasteiger partial charge on any atom is -0.332 e. The second-order valence-corrected chi connectivity index (χ2v) is 3.45. The van der Waals surface area contributed by atoms with E-state index < -0.39 is 0 Å². The first kappa shape index (κ1) is 6.85. The summed E-state index contributed by atoms with van der Waals surface area (Å²) in [5.74, 6) is 4.23. The van der Waals surface area contributed by atoms with Crippen LogP contribution in [0.1, 0.15) is 13.3 Å². The Morgan fingerprint density at radius 1 is 1.33 bits per heavy atom. The van der Waals surface area contributed by atoms with Gasteiger partial charge < -0.3 is 4.52 Å². The normalized spacial score (nSPS) is 9.89. The molecule has 1 rings (SSSR count). The van der Waals surface area contributed by atoms with Crippen molar-refractivity contribution in [2.24, 2.45) is 0 Å². The van der Waals surface area contributed by atoms with Crippen molar-refractivity contribution in [1.29, 1.82) is 0 Å². The van der Waals surface area contributed by atoms with Crippen LogP contribution >= 0.6 is 7.76 Å². The molecule has 0 saturated carbocycles. The molecule has 0 bridgehead atoms. The largest absolute Gasteiger partial charge is 0.332 e. The molecule has 0 fully saturated rings. The SMILES string of the molecule is CCCOp1cccc1. The van der Waals surface area contributed by atoms with E-state index in [-0.39, 0.29) is 7.76 Å². The van der Waals surface area contributed by atoms with Gasteiger partial charge in [-0.1, -0.05) is 19.1 Å². The third kappa shape index (κ3) is 2.21. The fraction of sp³-hybridized carbons (Fsp3) is 0.429. The van der Waals surface area contributed by atoms with E-state index in [9.17, 15) is 0 Å². The summed E-state index contributed by atoms with van der Waals surface area (Å²) in [7, 11) is -0.312. The van der Waals surface area contributed by atoms with Gasteiger partial charge in [-0.25, -0.2) is 0 Å². The van der Waals surface area contributed by atoms with Gasteiger partial charge in [-0.05, 0) is 18.0 Å². The highest BCUT2D eigenvalue weighted by Gasteiger charge is 1.86. The predicted octanol–water partition coefficient (Wildman–Crippen LogP) is 2.51. The lowest BCUT2D eigenvalue weighted by Gasteiger charge is -1.95. The van der Waals surface area contributed by atoms with E-state index in [0.29, 0.717) is 0 Å². The quantitative estimate of drug-likeness (QED) is 0.630. The standard InChI is InChI=1S/C7H11OP/c1-2-5-8-9-6-3-4-7-9/h3-4,6-7H,2,5H2,1H3. The van der Waals surface area contributed by atoms with Crippen LogP contribution in [-0.4, -0.2) is 6.61 Å². The third-order valence-electron chi connectivity index (χ3n) is 1.02. The van der Waals surface area contributed by atoms with Crippen molar-refractivity contribution in [2.45, 2.75) is 13.3 Å². The van der Waals surface area contributed by atoms with Crippen molar-refractivity contribution in [3.63, 3.8) is 0 Å². The summed E-state index contributed by atoms with van der Waals surface area (Å²) >= 11 is 0. The van der Waals surface area contributed by atoms with Crippen LogP contribution in [0, 0.1) is 0 Å². The van der Waals surface area contributed by atoms with Crippen LogP contribution in [0.25, 0.3) is 0 Å². The maximum absolute atomic E-state index is 5.44. The first-order valence-electron chi connectivity index (χ1n) is 3.19. The van der Waals surface area contributed by atoms with Gasteiger partial charge in [0.25, 0.3) is 0 Å². The van der Waals surface area contributed by atoms with Gasteiger partial charge in [0.05, 0.1) is 6.61 Å². The fourth-order valence-electron chi connectivity index (χ4n) is 0.601. The number of hydrogen-bond donors (Lipinski definition) is 0. The first-order valence-corrected chi connectivity index (χ1v) is 4.59. The molecule has 50 valence electrons. The van der Waals surface area contributed by atoms with Crippen LogP contribution in [0.4, 0.5) is 0 Å². The lowest BCUT2D eigenvalue weighted by molar-refractivity contribution is 0.427. The van der Waals surface area contributed by atoms with Crippen molar-refractivity contribution >= 4 is 7.76 Å². The smallest absolute Gasteiger partial charge is 0.0567 e. The second-order valence-electron chi connectivity index (χ2n) is 1.88. The molecule has 0 radical (unpaired) electrons. The molecule has 1 nitrogen and oxygen atoms in total. The molecule has 0 aliphatic heterocycles. The predicted molar refractivity (Wildman–Crippen MR) is 40.9 cm³/mol. The number of hydrogen-bond acceptors (Lipinski definition) is 1. The maximum atomic E-state index is 5.44. The zero-order valence-electron chi connectivity index (χ0n) is 5.58. The van der Waals surface area contributed by atoms with Gasteiger partial charge in [-0.3, -0.25) is 0 Å². The molecule has 0 unspecified atom stereocenters. The Morgan fingerprint density at radius 2 is 2.00 bits per heavy atom. The van der Waals surface area contributed by atoms with Crippen molar-refractivity contribution in [3.8, 4) is 0 Å². The van der Waals surface area contributed by atoms with Crippen LogP contribution in [0.3, 0.4) is 0 Å². The molecule has 0 saturated heterocycles. The summed E-state index contributed by atoms with van der Waals surface area (Å²) in [5.41, 5.74) is 0. The summed E-state index contributed by atoms with van der Waals surface area (Å²) < 4.78 is 5.44. The zero-order valence-corrected chi connectivity index (χ0v) is 6.47. The monoisotopic (exact) mass is 142 g/mol. The second kappa shape index (κ2) is 3.71. The van der Waals surface area contributed by atoms with Crippen molar-refractivity contribution in [2.75, 3.05) is 6.61 Å². The molecule has 0 spiro atoms. The Labute approximate surface area is 56.8 Å². The molecule has 1 heterocycles. The molecule has 1 aromatic heterocycles. The Morgan fingerprint density at radius 3 is 2.56 bits per heavy atom. The summed E-state index contributed by atoms with van der Waals surface area (Å²) in [6.07, 6.45) is 1.11. The van der Waals surface area contributed by atoms with Crippen LogP contribution in [0.5, 0.6) is 0 Å². The minimum absolute atomic E-state index is 0.312. The molecule has 2 heteroatoms. The van der Waals surface area contributed by atoms with E-state index in [2.05, 4.69) is 18.5 Å². The van der Waals surface area contributed by atoms with E-state index >= 15 is 0 Å². The van der Waals surface area contributed by atoms with E-state index in [1.807, 2.05) is 12.1 Å². The summed E-state index contributed by atoms with van der Waals surface area (Å²) in [6.45, 7) is 3.01. The van der Waals surface area contributed by atoms with Gasteiger partial charge in [0, 0.05) is 7.76 Å². The van der Waals surface area contributed by atoms with E-state index in [4.69, 9.17) is 4.52 Å². The Kier molecular flexibility index (Phi) is 2.82. The Balaban J connectivity index is 2.30.